The van der Waals surface area contributed by atoms with Gasteiger partial charge in [0.05, 0.1) is 33.5 Å². The van der Waals surface area contributed by atoms with E-state index in [1.165, 1.54) is 21.3 Å². The smallest absolute Gasteiger partial charge is 0.251 e. The largest absolute Gasteiger partial charge is 0.495 e. The van der Waals surface area contributed by atoms with Crippen molar-refractivity contribution in [3.8, 4) is 11.5 Å². The van der Waals surface area contributed by atoms with E-state index in [0.717, 1.165) is 0 Å². The molecular weight excluding hydrogens is 330 g/mol. The van der Waals surface area contributed by atoms with Crippen LogP contribution in [0, 0.1) is 0 Å². The Labute approximate surface area is 126 Å². The van der Waals surface area contributed by atoms with Crippen molar-refractivity contribution in [2.75, 3.05) is 34.5 Å². The predicted molar refractivity (Wildman–Crippen MR) is 77.5 cm³/mol. The van der Waals surface area contributed by atoms with E-state index >= 15 is 0 Å². The number of nitrogens with one attached hydrogen (secondary N) is 1. The Bertz CT molecular complexity index is 441. The van der Waals surface area contributed by atoms with Gasteiger partial charge in [0, 0.05) is 12.7 Å². The van der Waals surface area contributed by atoms with E-state index in [4.69, 9.17) is 19.3 Å². The molecule has 6 nitrogen and oxygen atoms in total. The number of aliphatic hydroxyl groups is 1. The third-order valence-corrected chi connectivity index (χ3v) is 3.41. The van der Waals surface area contributed by atoms with Crippen molar-refractivity contribution in [2.45, 2.75) is 6.04 Å². The van der Waals surface area contributed by atoms with Gasteiger partial charge in [-0.05, 0) is 28.1 Å². The molecule has 0 saturated carbocycles. The van der Waals surface area contributed by atoms with Crippen molar-refractivity contribution in [1.82, 2.24) is 5.32 Å². The Morgan fingerprint density at radius 2 is 1.85 bits per heavy atom. The number of carbonyl (C=O) groups is 1. The molecule has 0 aromatic heterocycles. The van der Waals surface area contributed by atoms with Crippen LogP contribution in [-0.2, 0) is 4.74 Å². The molecule has 2 N–H and O–H groups in total. The first-order valence-corrected chi connectivity index (χ1v) is 6.68. The number of amides is 1. The Kier molecular flexibility index (Phi) is 6.77. The summed E-state index contributed by atoms with van der Waals surface area (Å²) in [5.74, 6) is 0.633. The molecule has 0 aliphatic carbocycles. The van der Waals surface area contributed by atoms with Gasteiger partial charge in [0.1, 0.15) is 16.0 Å². The van der Waals surface area contributed by atoms with Crippen molar-refractivity contribution in [2.24, 2.45) is 0 Å². The van der Waals surface area contributed by atoms with Crippen LogP contribution in [0.15, 0.2) is 16.6 Å². The molecule has 1 amide bonds. The highest BCUT2D eigenvalue weighted by atomic mass is 79.9. The number of hydrogen-bond donors (Lipinski definition) is 2. The quantitative estimate of drug-likeness (QED) is 0.775. The number of rotatable bonds is 7. The van der Waals surface area contributed by atoms with Gasteiger partial charge in [-0.2, -0.15) is 0 Å². The van der Waals surface area contributed by atoms with Gasteiger partial charge in [-0.15, -0.1) is 0 Å². The molecule has 0 bridgehead atoms. The first kappa shape index (κ1) is 16.7. The minimum atomic E-state index is -0.465. The number of ether oxygens (including phenoxy) is 3. The van der Waals surface area contributed by atoms with Gasteiger partial charge in [-0.1, -0.05) is 0 Å². The summed E-state index contributed by atoms with van der Waals surface area (Å²) in [4.78, 5) is 12.1. The molecule has 0 heterocycles. The maximum atomic E-state index is 12.1. The number of halogens is 1. The molecule has 20 heavy (non-hydrogen) atoms. The standard InChI is InChI=1S/C13H18BrNO5/c1-18-7-9(6-16)15-13(17)8-4-10(19-2)12(14)11(5-8)20-3/h4-5,9,16H,6-7H2,1-3H3,(H,15,17). The summed E-state index contributed by atoms with van der Waals surface area (Å²) in [5.41, 5.74) is 0.372. The molecule has 0 saturated heterocycles. The fourth-order valence-electron chi connectivity index (χ4n) is 1.61. The van der Waals surface area contributed by atoms with Gasteiger partial charge < -0.3 is 24.6 Å². The first-order chi connectivity index (χ1) is 9.57. The van der Waals surface area contributed by atoms with Gasteiger partial charge >= 0.3 is 0 Å². The molecule has 7 heteroatoms. The summed E-state index contributed by atoms with van der Waals surface area (Å²) in [5, 5.41) is 11.8. The van der Waals surface area contributed by atoms with Crippen LogP contribution in [-0.4, -0.2) is 51.6 Å². The second-order valence-corrected chi connectivity index (χ2v) is 4.80. The fourth-order valence-corrected chi connectivity index (χ4v) is 2.16. The monoisotopic (exact) mass is 347 g/mol. The average Bonchev–Trinajstić information content (AvgIpc) is 2.46. The second-order valence-electron chi connectivity index (χ2n) is 4.00. The third-order valence-electron chi connectivity index (χ3n) is 2.63. The van der Waals surface area contributed by atoms with Crippen LogP contribution in [0.5, 0.6) is 11.5 Å². The summed E-state index contributed by atoms with van der Waals surface area (Å²) in [7, 11) is 4.51. The summed E-state index contributed by atoms with van der Waals surface area (Å²) in [6.45, 7) is 0.0252. The van der Waals surface area contributed by atoms with Crippen LogP contribution in [0.25, 0.3) is 0 Å². The zero-order valence-corrected chi connectivity index (χ0v) is 13.2. The molecule has 0 radical (unpaired) electrons. The van der Waals surface area contributed by atoms with Crippen LogP contribution < -0.4 is 14.8 Å². The lowest BCUT2D eigenvalue weighted by molar-refractivity contribution is 0.0839. The molecule has 1 aromatic rings. The summed E-state index contributed by atoms with van der Waals surface area (Å²) >= 11 is 3.33. The van der Waals surface area contributed by atoms with Crippen LogP contribution in [0.1, 0.15) is 10.4 Å². The minimum Gasteiger partial charge on any atom is -0.495 e. The van der Waals surface area contributed by atoms with Crippen molar-refractivity contribution >= 4 is 21.8 Å². The SMILES string of the molecule is COCC(CO)NC(=O)c1cc(OC)c(Br)c(OC)c1. The van der Waals surface area contributed by atoms with Gasteiger partial charge in [0.2, 0.25) is 0 Å². The Morgan fingerprint density at radius 1 is 1.30 bits per heavy atom. The molecule has 0 aliphatic heterocycles. The summed E-state index contributed by atoms with van der Waals surface area (Å²) in [6, 6.07) is 2.71. The molecule has 1 aromatic carbocycles. The highest BCUT2D eigenvalue weighted by Gasteiger charge is 2.17. The lowest BCUT2D eigenvalue weighted by Gasteiger charge is -2.16. The molecule has 1 rings (SSSR count). The molecule has 0 spiro atoms. The Balaban J connectivity index is 2.97. The van der Waals surface area contributed by atoms with E-state index in [2.05, 4.69) is 21.2 Å². The Hall–Kier alpha value is -1.31. The van der Waals surface area contributed by atoms with E-state index in [-0.39, 0.29) is 19.1 Å². The molecule has 0 aliphatic rings. The maximum absolute atomic E-state index is 12.1. The van der Waals surface area contributed by atoms with Gasteiger partial charge in [-0.25, -0.2) is 0 Å². The topological polar surface area (TPSA) is 77.0 Å². The number of aliphatic hydroxyl groups excluding tert-OH is 1. The number of methoxy groups -OCH3 is 3. The number of hydrogen-bond acceptors (Lipinski definition) is 5. The zero-order chi connectivity index (χ0) is 15.1. The molecular formula is C13H18BrNO5. The maximum Gasteiger partial charge on any atom is 0.251 e. The Morgan fingerprint density at radius 3 is 2.25 bits per heavy atom. The van der Waals surface area contributed by atoms with Gasteiger partial charge in [0.15, 0.2) is 0 Å². The van der Waals surface area contributed by atoms with Gasteiger partial charge in [-0.3, -0.25) is 4.79 Å². The lowest BCUT2D eigenvalue weighted by Crippen LogP contribution is -2.40. The second kappa shape index (κ2) is 8.08. The van der Waals surface area contributed by atoms with E-state index in [1.807, 2.05) is 0 Å². The average molecular weight is 348 g/mol. The van der Waals surface area contributed by atoms with Gasteiger partial charge in [0.25, 0.3) is 5.91 Å². The molecule has 1 unspecified atom stereocenters. The third kappa shape index (κ3) is 4.09. The van der Waals surface area contributed by atoms with Crippen LogP contribution >= 0.6 is 15.9 Å². The van der Waals surface area contributed by atoms with Crippen LogP contribution in [0.2, 0.25) is 0 Å². The minimum absolute atomic E-state index is 0.204. The van der Waals surface area contributed by atoms with Crippen molar-refractivity contribution in [1.29, 1.82) is 0 Å². The number of benzene rings is 1. The van der Waals surface area contributed by atoms with Crippen molar-refractivity contribution in [3.63, 3.8) is 0 Å². The molecule has 112 valence electrons. The normalized spacial score (nSPS) is 11.8. The van der Waals surface area contributed by atoms with E-state index in [0.29, 0.717) is 21.5 Å². The zero-order valence-electron chi connectivity index (χ0n) is 11.6. The van der Waals surface area contributed by atoms with Crippen LogP contribution in [0.3, 0.4) is 0 Å². The first-order valence-electron chi connectivity index (χ1n) is 5.89. The summed E-state index contributed by atoms with van der Waals surface area (Å²) < 4.78 is 15.9. The van der Waals surface area contributed by atoms with Crippen molar-refractivity contribution in [3.05, 3.63) is 22.2 Å². The van der Waals surface area contributed by atoms with E-state index in [9.17, 15) is 4.79 Å². The molecule has 0 fully saturated rings. The van der Waals surface area contributed by atoms with Crippen molar-refractivity contribution < 1.29 is 24.1 Å². The van der Waals surface area contributed by atoms with E-state index < -0.39 is 6.04 Å². The lowest BCUT2D eigenvalue weighted by atomic mass is 10.1. The molecule has 1 atom stereocenters. The highest BCUT2D eigenvalue weighted by Crippen LogP contribution is 2.35. The predicted octanol–water partition coefficient (Wildman–Crippen LogP) is 1.20. The highest BCUT2D eigenvalue weighted by molar-refractivity contribution is 9.10. The van der Waals surface area contributed by atoms with E-state index in [1.54, 1.807) is 12.1 Å². The fraction of sp³-hybridized carbons (Fsp3) is 0.462. The summed E-state index contributed by atoms with van der Waals surface area (Å²) in [6.07, 6.45) is 0. The van der Waals surface area contributed by atoms with Crippen LogP contribution in [0.4, 0.5) is 0 Å². The number of carbonyl (C=O) groups excluding carboxylic acids is 1.